The van der Waals surface area contributed by atoms with Crippen molar-refractivity contribution in [3.8, 4) is 16.3 Å². The van der Waals surface area contributed by atoms with E-state index in [2.05, 4.69) is 25.2 Å². The zero-order valence-electron chi connectivity index (χ0n) is 19.7. The van der Waals surface area contributed by atoms with Crippen LogP contribution in [0.5, 0.6) is 5.75 Å². The summed E-state index contributed by atoms with van der Waals surface area (Å²) < 4.78 is 27.3. The van der Waals surface area contributed by atoms with Crippen molar-refractivity contribution in [1.82, 2.24) is 25.2 Å². The molecule has 180 valence electrons. The van der Waals surface area contributed by atoms with E-state index in [1.807, 2.05) is 14.0 Å². The van der Waals surface area contributed by atoms with Gasteiger partial charge in [-0.3, -0.25) is 4.79 Å². The zero-order chi connectivity index (χ0) is 24.2. The van der Waals surface area contributed by atoms with Crippen LogP contribution in [0.4, 0.5) is 4.39 Å². The molecule has 34 heavy (non-hydrogen) atoms. The minimum Gasteiger partial charge on any atom is -0.491 e. The Bertz CT molecular complexity index is 1150. The molecular weight excluding hydrogens is 457 g/mol. The van der Waals surface area contributed by atoms with Crippen LogP contribution < -0.4 is 10.1 Å². The van der Waals surface area contributed by atoms with Crippen LogP contribution in [0.15, 0.2) is 30.7 Å². The highest BCUT2D eigenvalue weighted by atomic mass is 32.1. The fourth-order valence-electron chi connectivity index (χ4n) is 3.62. The molecule has 4 rings (SSSR count). The molecule has 0 spiro atoms. The number of carbonyl (C=O) groups is 1. The van der Waals surface area contributed by atoms with Gasteiger partial charge in [-0.1, -0.05) is 0 Å². The Balaban J connectivity index is 1.59. The Labute approximate surface area is 202 Å². The van der Waals surface area contributed by atoms with Crippen molar-refractivity contribution in [3.63, 3.8) is 0 Å². The van der Waals surface area contributed by atoms with E-state index in [9.17, 15) is 4.79 Å². The summed E-state index contributed by atoms with van der Waals surface area (Å²) in [5, 5.41) is 3.32. The Kier molecular flexibility index (Phi) is 7.50. The van der Waals surface area contributed by atoms with Crippen LogP contribution in [0.1, 0.15) is 39.6 Å². The van der Waals surface area contributed by atoms with Crippen LogP contribution in [-0.2, 0) is 4.74 Å². The van der Waals surface area contributed by atoms with Gasteiger partial charge in [-0.15, -0.1) is 11.3 Å². The van der Waals surface area contributed by atoms with Gasteiger partial charge in [0, 0.05) is 42.1 Å². The lowest BCUT2D eigenvalue weighted by Crippen LogP contribution is -2.42. The second-order valence-corrected chi connectivity index (χ2v) is 9.67. The number of amides is 1. The summed E-state index contributed by atoms with van der Waals surface area (Å²) in [7, 11) is 2.03. The van der Waals surface area contributed by atoms with Crippen molar-refractivity contribution in [1.29, 1.82) is 0 Å². The van der Waals surface area contributed by atoms with E-state index in [1.165, 1.54) is 17.4 Å². The van der Waals surface area contributed by atoms with Gasteiger partial charge in [-0.2, -0.15) is 0 Å². The second-order valence-electron chi connectivity index (χ2n) is 8.43. The summed E-state index contributed by atoms with van der Waals surface area (Å²) in [6, 6.07) is 2.61. The number of carbonyl (C=O) groups excluding carboxylic acids is 1. The number of morpholine rings is 1. The molecule has 1 saturated heterocycles. The molecule has 3 aromatic rings. The third-order valence-electron chi connectivity index (χ3n) is 5.57. The molecule has 1 aliphatic rings. The second kappa shape index (κ2) is 10.5. The first-order valence-corrected chi connectivity index (χ1v) is 11.9. The fraction of sp³-hybridized carbons (Fsp3) is 0.417. The van der Waals surface area contributed by atoms with E-state index in [0.717, 1.165) is 23.5 Å². The lowest BCUT2D eigenvalue weighted by Gasteiger charge is -2.29. The number of likely N-dealkylation sites (N-methyl/N-ethyl adjacent to an activating group) is 1. The maximum absolute atomic E-state index is 15.5. The highest BCUT2D eigenvalue weighted by molar-refractivity contribution is 7.14. The molecule has 0 saturated carbocycles. The standard InChI is InChI=1S/C24H28FN5O3S/c1-14-9-28-24(34-14)21-8-18(33-13-19-12-30(4)5-6-32-19)7-20(22(21)25)23(31)29-15(2)17-10-26-16(3)27-11-17/h7-11,15,19H,5-6,12-13H2,1-4H3,(H,29,31)/t15-,19-/m1/s1. The number of ether oxygens (including phenoxy) is 2. The number of thiazole rings is 1. The predicted molar refractivity (Wildman–Crippen MR) is 128 cm³/mol. The summed E-state index contributed by atoms with van der Waals surface area (Å²) in [4.78, 5) is 28.9. The smallest absolute Gasteiger partial charge is 0.254 e. The van der Waals surface area contributed by atoms with Gasteiger partial charge in [-0.05, 0) is 40.0 Å². The van der Waals surface area contributed by atoms with E-state index >= 15 is 4.39 Å². The minimum absolute atomic E-state index is 0.104. The monoisotopic (exact) mass is 485 g/mol. The SMILES string of the molecule is Cc1ncc([C@@H](C)NC(=O)c2cc(OC[C@H]3CN(C)CCO3)cc(-c3ncc(C)s3)c2F)cn1. The topological polar surface area (TPSA) is 89.5 Å². The number of hydrogen-bond acceptors (Lipinski definition) is 8. The largest absolute Gasteiger partial charge is 0.491 e. The molecule has 2 aromatic heterocycles. The molecule has 1 N–H and O–H groups in total. The van der Waals surface area contributed by atoms with Gasteiger partial charge in [0.1, 0.15) is 35.1 Å². The number of aryl methyl sites for hydroxylation is 2. The van der Waals surface area contributed by atoms with Crippen molar-refractivity contribution >= 4 is 17.2 Å². The van der Waals surface area contributed by atoms with Crippen LogP contribution in [0.25, 0.3) is 10.6 Å². The molecule has 0 unspecified atom stereocenters. The average molecular weight is 486 g/mol. The number of aromatic nitrogens is 3. The normalized spacial score (nSPS) is 17.4. The number of benzene rings is 1. The third-order valence-corrected chi connectivity index (χ3v) is 6.51. The molecule has 0 radical (unpaired) electrons. The summed E-state index contributed by atoms with van der Waals surface area (Å²) in [5.41, 5.74) is 0.844. The number of nitrogens with zero attached hydrogens (tertiary/aromatic N) is 4. The molecule has 10 heteroatoms. The van der Waals surface area contributed by atoms with Gasteiger partial charge >= 0.3 is 0 Å². The van der Waals surface area contributed by atoms with Crippen LogP contribution in [0, 0.1) is 19.7 Å². The van der Waals surface area contributed by atoms with Crippen molar-refractivity contribution in [2.45, 2.75) is 32.9 Å². The highest BCUT2D eigenvalue weighted by Crippen LogP contribution is 2.33. The third kappa shape index (κ3) is 5.75. The first-order valence-electron chi connectivity index (χ1n) is 11.1. The molecule has 1 aliphatic heterocycles. The van der Waals surface area contributed by atoms with Crippen LogP contribution in [0.2, 0.25) is 0 Å². The number of rotatable bonds is 7. The van der Waals surface area contributed by atoms with Gasteiger partial charge in [0.2, 0.25) is 0 Å². The van der Waals surface area contributed by atoms with Crippen molar-refractivity contribution < 1.29 is 18.7 Å². The van der Waals surface area contributed by atoms with E-state index in [1.54, 1.807) is 38.5 Å². The van der Waals surface area contributed by atoms with Gasteiger partial charge in [0.15, 0.2) is 0 Å². The molecule has 2 atom stereocenters. The average Bonchev–Trinajstić information content (AvgIpc) is 3.24. The summed E-state index contributed by atoms with van der Waals surface area (Å²) in [6.07, 6.45) is 4.87. The maximum Gasteiger partial charge on any atom is 0.254 e. The summed E-state index contributed by atoms with van der Waals surface area (Å²) in [5.74, 6) is -0.174. The van der Waals surface area contributed by atoms with Gasteiger partial charge in [0.25, 0.3) is 5.91 Å². The molecular formula is C24H28FN5O3S. The van der Waals surface area contributed by atoms with Crippen LogP contribution >= 0.6 is 11.3 Å². The predicted octanol–water partition coefficient (Wildman–Crippen LogP) is 3.56. The van der Waals surface area contributed by atoms with E-state index in [-0.39, 0.29) is 17.2 Å². The molecule has 1 aromatic carbocycles. The van der Waals surface area contributed by atoms with Gasteiger partial charge in [-0.25, -0.2) is 19.3 Å². The first kappa shape index (κ1) is 24.2. The number of nitrogens with one attached hydrogen (secondary N) is 1. The molecule has 8 nitrogen and oxygen atoms in total. The Morgan fingerprint density at radius 1 is 1.29 bits per heavy atom. The van der Waals surface area contributed by atoms with Crippen LogP contribution in [-0.4, -0.2) is 65.2 Å². The van der Waals surface area contributed by atoms with E-state index < -0.39 is 17.8 Å². The molecule has 1 amide bonds. The van der Waals surface area contributed by atoms with Crippen molar-refractivity contribution in [3.05, 3.63) is 58.4 Å². The van der Waals surface area contributed by atoms with Crippen LogP contribution in [0.3, 0.4) is 0 Å². The molecule has 1 fully saturated rings. The van der Waals surface area contributed by atoms with E-state index in [0.29, 0.717) is 29.8 Å². The first-order chi connectivity index (χ1) is 16.3. The van der Waals surface area contributed by atoms with Gasteiger partial charge in [0.05, 0.1) is 23.8 Å². The molecule has 0 aliphatic carbocycles. The Morgan fingerprint density at radius 3 is 2.74 bits per heavy atom. The Morgan fingerprint density at radius 2 is 2.06 bits per heavy atom. The maximum atomic E-state index is 15.5. The molecule has 3 heterocycles. The number of halogens is 1. The summed E-state index contributed by atoms with van der Waals surface area (Å²) in [6.45, 7) is 8.02. The van der Waals surface area contributed by atoms with E-state index in [4.69, 9.17) is 9.47 Å². The minimum atomic E-state index is -0.639. The van der Waals surface area contributed by atoms with Crippen molar-refractivity contribution in [2.75, 3.05) is 33.4 Å². The quantitative estimate of drug-likeness (QED) is 0.547. The highest BCUT2D eigenvalue weighted by Gasteiger charge is 2.23. The number of hydrogen-bond donors (Lipinski definition) is 1. The Hall–Kier alpha value is -2.95. The lowest BCUT2D eigenvalue weighted by molar-refractivity contribution is -0.0403. The lowest BCUT2D eigenvalue weighted by atomic mass is 10.1. The van der Waals surface area contributed by atoms with Gasteiger partial charge < -0.3 is 19.7 Å². The molecule has 0 bridgehead atoms. The summed E-state index contributed by atoms with van der Waals surface area (Å²) >= 11 is 1.36. The van der Waals surface area contributed by atoms with Crippen molar-refractivity contribution in [2.24, 2.45) is 0 Å². The fourth-order valence-corrected chi connectivity index (χ4v) is 4.40. The zero-order valence-corrected chi connectivity index (χ0v) is 20.5.